The molecule has 1 N–H and O–H groups in total. The Bertz CT molecular complexity index is 1140. The largest absolute Gasteiger partial charge is 0.416 e. The van der Waals surface area contributed by atoms with Crippen molar-refractivity contribution in [3.05, 3.63) is 64.4 Å². The van der Waals surface area contributed by atoms with Crippen molar-refractivity contribution < 1.29 is 18.0 Å². The average Bonchev–Trinajstić information content (AvgIpc) is 2.71. The highest BCUT2D eigenvalue weighted by Crippen LogP contribution is 2.30. The zero-order chi connectivity index (χ0) is 22.6. The molecule has 3 aromatic rings. The number of thioether (sulfide) groups is 1. The molecule has 31 heavy (non-hydrogen) atoms. The first-order valence-electron chi connectivity index (χ1n) is 9.74. The number of halogens is 3. The maximum Gasteiger partial charge on any atom is 0.416 e. The highest BCUT2D eigenvalue weighted by atomic mass is 32.2. The van der Waals surface area contributed by atoms with Crippen molar-refractivity contribution in [1.82, 2.24) is 9.55 Å². The lowest BCUT2D eigenvalue weighted by molar-refractivity contribution is -0.137. The number of amides is 1. The number of carbonyl (C=O) groups is 1. The molecule has 0 spiro atoms. The fourth-order valence-electron chi connectivity index (χ4n) is 2.94. The number of para-hydroxylation sites is 1. The monoisotopic (exact) mass is 449 g/mol. The number of hydrogen-bond acceptors (Lipinski definition) is 4. The summed E-state index contributed by atoms with van der Waals surface area (Å²) in [5.74, 6) is -0.203. The minimum Gasteiger partial charge on any atom is -0.325 e. The number of aromatic nitrogens is 2. The van der Waals surface area contributed by atoms with Gasteiger partial charge in [0.2, 0.25) is 5.91 Å². The topological polar surface area (TPSA) is 64.0 Å². The Morgan fingerprint density at radius 2 is 1.90 bits per heavy atom. The summed E-state index contributed by atoms with van der Waals surface area (Å²) in [6.07, 6.45) is -3.72. The van der Waals surface area contributed by atoms with Crippen molar-refractivity contribution in [1.29, 1.82) is 0 Å². The van der Waals surface area contributed by atoms with E-state index in [-0.39, 0.29) is 17.0 Å². The van der Waals surface area contributed by atoms with Gasteiger partial charge in [-0.1, -0.05) is 43.8 Å². The van der Waals surface area contributed by atoms with Gasteiger partial charge < -0.3 is 5.32 Å². The standard InChI is InChI=1S/C22H22F3N3O2S/c1-14(2)10-11-28-20(30)17-8-3-4-9-18(17)27-21(28)31-13-19(29)26-16-7-5-6-15(12-16)22(23,24)25/h3-9,12,14H,10-11,13H2,1-2H3,(H,26,29). The van der Waals surface area contributed by atoms with E-state index in [1.807, 2.05) is 0 Å². The molecule has 0 aliphatic heterocycles. The van der Waals surface area contributed by atoms with E-state index in [2.05, 4.69) is 24.1 Å². The maximum atomic E-state index is 12.9. The molecular weight excluding hydrogens is 427 g/mol. The van der Waals surface area contributed by atoms with Gasteiger partial charge in [-0.05, 0) is 42.7 Å². The van der Waals surface area contributed by atoms with E-state index in [4.69, 9.17) is 0 Å². The summed E-state index contributed by atoms with van der Waals surface area (Å²) in [6.45, 7) is 4.57. The van der Waals surface area contributed by atoms with Gasteiger partial charge >= 0.3 is 6.18 Å². The molecule has 0 saturated heterocycles. The Morgan fingerprint density at radius 3 is 2.61 bits per heavy atom. The van der Waals surface area contributed by atoms with E-state index >= 15 is 0 Å². The third-order valence-electron chi connectivity index (χ3n) is 4.56. The zero-order valence-corrected chi connectivity index (χ0v) is 17.9. The third kappa shape index (κ3) is 5.88. The van der Waals surface area contributed by atoms with Crippen LogP contribution in [0.15, 0.2) is 58.5 Å². The molecule has 0 aliphatic carbocycles. The summed E-state index contributed by atoms with van der Waals surface area (Å²) >= 11 is 1.08. The maximum absolute atomic E-state index is 12.9. The third-order valence-corrected chi connectivity index (χ3v) is 5.54. The van der Waals surface area contributed by atoms with Crippen LogP contribution in [0, 0.1) is 5.92 Å². The van der Waals surface area contributed by atoms with Crippen LogP contribution in [-0.4, -0.2) is 21.2 Å². The molecule has 0 radical (unpaired) electrons. The van der Waals surface area contributed by atoms with Crippen LogP contribution in [0.1, 0.15) is 25.8 Å². The number of benzene rings is 2. The van der Waals surface area contributed by atoms with Gasteiger partial charge in [-0.15, -0.1) is 0 Å². The second-order valence-corrected chi connectivity index (χ2v) is 8.41. The van der Waals surface area contributed by atoms with Gasteiger partial charge in [0.25, 0.3) is 5.56 Å². The summed E-state index contributed by atoms with van der Waals surface area (Å²) in [7, 11) is 0. The molecule has 0 bridgehead atoms. The van der Waals surface area contributed by atoms with E-state index in [9.17, 15) is 22.8 Å². The lowest BCUT2D eigenvalue weighted by Gasteiger charge is -2.14. The Hall–Kier alpha value is -2.81. The number of carbonyl (C=O) groups excluding carboxylic acids is 1. The number of alkyl halides is 3. The molecule has 0 unspecified atom stereocenters. The summed E-state index contributed by atoms with van der Waals surface area (Å²) < 4.78 is 40.1. The minimum absolute atomic E-state index is 0.0593. The molecule has 1 heterocycles. The van der Waals surface area contributed by atoms with E-state index in [0.717, 1.165) is 30.3 Å². The highest BCUT2D eigenvalue weighted by Gasteiger charge is 2.30. The van der Waals surface area contributed by atoms with Gasteiger partial charge in [-0.25, -0.2) is 4.98 Å². The molecule has 1 amide bonds. The predicted octanol–water partition coefficient (Wildman–Crippen LogP) is 5.19. The second kappa shape index (κ2) is 9.55. The molecule has 1 aromatic heterocycles. The minimum atomic E-state index is -4.49. The highest BCUT2D eigenvalue weighted by molar-refractivity contribution is 7.99. The van der Waals surface area contributed by atoms with Crippen LogP contribution >= 0.6 is 11.8 Å². The lowest BCUT2D eigenvalue weighted by Crippen LogP contribution is -2.25. The zero-order valence-electron chi connectivity index (χ0n) is 17.1. The molecular formula is C22H22F3N3O2S. The quantitative estimate of drug-likeness (QED) is 0.398. The first-order chi connectivity index (χ1) is 14.6. The number of nitrogens with one attached hydrogen (secondary N) is 1. The smallest absolute Gasteiger partial charge is 0.325 e. The number of rotatable bonds is 7. The van der Waals surface area contributed by atoms with Gasteiger partial charge in [0.15, 0.2) is 5.16 Å². The van der Waals surface area contributed by atoms with Gasteiger partial charge in [0.1, 0.15) is 0 Å². The normalized spacial score (nSPS) is 11.8. The summed E-state index contributed by atoms with van der Waals surface area (Å²) in [4.78, 5) is 29.8. The Morgan fingerprint density at radius 1 is 1.16 bits per heavy atom. The number of anilines is 1. The van der Waals surface area contributed by atoms with Crippen molar-refractivity contribution in [3.63, 3.8) is 0 Å². The molecule has 0 aliphatic rings. The van der Waals surface area contributed by atoms with Crippen molar-refractivity contribution in [2.24, 2.45) is 5.92 Å². The van der Waals surface area contributed by atoms with Gasteiger partial charge in [0, 0.05) is 12.2 Å². The van der Waals surface area contributed by atoms with E-state index < -0.39 is 17.6 Å². The molecule has 2 aromatic carbocycles. The van der Waals surface area contributed by atoms with E-state index in [0.29, 0.717) is 28.5 Å². The molecule has 3 rings (SSSR count). The molecule has 0 saturated carbocycles. The first-order valence-corrected chi connectivity index (χ1v) is 10.7. The SMILES string of the molecule is CC(C)CCn1c(SCC(=O)Nc2cccc(C(F)(F)F)c2)nc2ccccc2c1=O. The average molecular weight is 449 g/mol. The second-order valence-electron chi connectivity index (χ2n) is 7.47. The van der Waals surface area contributed by atoms with Crippen LogP contribution in [0.5, 0.6) is 0 Å². The number of nitrogens with zero attached hydrogens (tertiary/aromatic N) is 2. The van der Waals surface area contributed by atoms with E-state index in [1.165, 1.54) is 12.1 Å². The molecule has 9 heteroatoms. The van der Waals surface area contributed by atoms with Gasteiger partial charge in [0.05, 0.1) is 22.2 Å². The Kier molecular flexibility index (Phi) is 7.04. The van der Waals surface area contributed by atoms with Crippen LogP contribution in [0.25, 0.3) is 10.9 Å². The van der Waals surface area contributed by atoms with Crippen LogP contribution in [0.4, 0.5) is 18.9 Å². The van der Waals surface area contributed by atoms with Crippen LogP contribution in [0.3, 0.4) is 0 Å². The van der Waals surface area contributed by atoms with Crippen LogP contribution in [0.2, 0.25) is 0 Å². The van der Waals surface area contributed by atoms with Crippen LogP contribution < -0.4 is 10.9 Å². The molecule has 164 valence electrons. The first kappa shape index (κ1) is 22.9. The fourth-order valence-corrected chi connectivity index (χ4v) is 3.77. The van der Waals surface area contributed by atoms with Crippen molar-refractivity contribution in [3.8, 4) is 0 Å². The number of hydrogen-bond donors (Lipinski definition) is 1. The molecule has 0 fully saturated rings. The Balaban J connectivity index is 1.79. The van der Waals surface area contributed by atoms with Gasteiger partial charge in [-0.2, -0.15) is 13.2 Å². The molecule has 5 nitrogen and oxygen atoms in total. The van der Waals surface area contributed by atoms with Crippen molar-refractivity contribution in [2.75, 3.05) is 11.1 Å². The Labute approximate surface area is 181 Å². The van der Waals surface area contributed by atoms with Gasteiger partial charge in [-0.3, -0.25) is 14.2 Å². The summed E-state index contributed by atoms with van der Waals surface area (Å²) in [5.41, 5.74) is -0.415. The fraction of sp³-hybridized carbons (Fsp3) is 0.318. The van der Waals surface area contributed by atoms with Crippen molar-refractivity contribution in [2.45, 2.75) is 38.1 Å². The predicted molar refractivity (Wildman–Crippen MR) is 116 cm³/mol. The summed E-state index contributed by atoms with van der Waals surface area (Å²) in [6, 6.07) is 11.5. The van der Waals surface area contributed by atoms with Crippen molar-refractivity contribution >= 4 is 34.3 Å². The van der Waals surface area contributed by atoms with Crippen LogP contribution in [-0.2, 0) is 17.5 Å². The van der Waals surface area contributed by atoms with E-state index in [1.54, 1.807) is 28.8 Å². The molecule has 0 atom stereocenters. The lowest BCUT2D eigenvalue weighted by atomic mass is 10.1. The number of fused-ring (bicyclic) bond motifs is 1. The summed E-state index contributed by atoms with van der Waals surface area (Å²) in [5, 5.41) is 3.38.